The number of rotatable bonds is 3. The summed E-state index contributed by atoms with van der Waals surface area (Å²) in [5.74, 6) is -2.32. The Morgan fingerprint density at radius 1 is 1.31 bits per heavy atom. The predicted molar refractivity (Wildman–Crippen MR) is 51.9 cm³/mol. The van der Waals surface area contributed by atoms with Crippen molar-refractivity contribution in [2.24, 2.45) is 5.92 Å². The molecule has 0 N–H and O–H groups in total. The van der Waals surface area contributed by atoms with E-state index in [1.165, 1.54) is 12.1 Å². The van der Waals surface area contributed by atoms with Crippen molar-refractivity contribution in [3.8, 4) is 5.75 Å². The first-order valence-electron chi connectivity index (χ1n) is 4.72. The van der Waals surface area contributed by atoms with Crippen LogP contribution < -0.4 is 4.74 Å². The van der Waals surface area contributed by atoms with Gasteiger partial charge < -0.3 is 4.74 Å². The zero-order valence-electron chi connectivity index (χ0n) is 8.62. The van der Waals surface area contributed by atoms with E-state index in [4.69, 9.17) is 4.74 Å². The van der Waals surface area contributed by atoms with Crippen LogP contribution in [0.3, 0.4) is 0 Å². The molecule has 5 heteroatoms. The minimum atomic E-state index is -4.37. The molecule has 0 aliphatic rings. The van der Waals surface area contributed by atoms with Crippen molar-refractivity contribution < 1.29 is 22.7 Å². The lowest BCUT2D eigenvalue weighted by Crippen LogP contribution is -2.24. The molecule has 16 heavy (non-hydrogen) atoms. The summed E-state index contributed by atoms with van der Waals surface area (Å²) in [6, 6.07) is 8.01. The summed E-state index contributed by atoms with van der Waals surface area (Å²) in [6.07, 6.45) is -5.03. The van der Waals surface area contributed by atoms with Gasteiger partial charge in [-0.25, -0.2) is 0 Å². The third-order valence-electron chi connectivity index (χ3n) is 2.01. The molecular formula is C11H11F3O2. The number of hydrogen-bond donors (Lipinski definition) is 0. The van der Waals surface area contributed by atoms with Gasteiger partial charge in [0.25, 0.3) is 0 Å². The summed E-state index contributed by atoms with van der Waals surface area (Å²) in [5.41, 5.74) is 0. The van der Waals surface area contributed by atoms with E-state index >= 15 is 0 Å². The predicted octanol–water partition coefficient (Wildman–Crippen LogP) is 3.18. The Morgan fingerprint density at radius 3 is 2.38 bits per heavy atom. The van der Waals surface area contributed by atoms with Gasteiger partial charge in [0.15, 0.2) is 0 Å². The average Bonchev–Trinajstić information content (AvgIpc) is 2.17. The van der Waals surface area contributed by atoms with E-state index in [-0.39, 0.29) is 5.75 Å². The highest BCUT2D eigenvalue weighted by atomic mass is 19.4. The Labute approximate surface area is 91.0 Å². The maximum Gasteiger partial charge on any atom is 0.392 e. The number of esters is 1. The molecule has 0 spiro atoms. The first-order chi connectivity index (χ1) is 7.39. The Hall–Kier alpha value is -1.52. The summed E-state index contributed by atoms with van der Waals surface area (Å²) in [5, 5.41) is 0. The van der Waals surface area contributed by atoms with Gasteiger partial charge >= 0.3 is 12.1 Å². The lowest BCUT2D eigenvalue weighted by atomic mass is 10.1. The number of halogens is 3. The number of carbonyl (C=O) groups excluding carboxylic acids is 1. The highest BCUT2D eigenvalue weighted by Gasteiger charge is 2.37. The SMILES string of the molecule is CC(CC(=O)Oc1ccccc1)C(F)(F)F. The Kier molecular flexibility index (Phi) is 3.93. The molecule has 0 saturated carbocycles. The Balaban J connectivity index is 2.49. The molecule has 1 atom stereocenters. The van der Waals surface area contributed by atoms with E-state index in [1.54, 1.807) is 18.2 Å². The maximum atomic E-state index is 12.1. The summed E-state index contributed by atoms with van der Waals surface area (Å²) >= 11 is 0. The first kappa shape index (κ1) is 12.5. The van der Waals surface area contributed by atoms with Crippen molar-refractivity contribution in [3.63, 3.8) is 0 Å². The van der Waals surface area contributed by atoms with Crippen LogP contribution in [0.25, 0.3) is 0 Å². The third-order valence-corrected chi connectivity index (χ3v) is 2.01. The lowest BCUT2D eigenvalue weighted by molar-refractivity contribution is -0.177. The highest BCUT2D eigenvalue weighted by Crippen LogP contribution is 2.28. The van der Waals surface area contributed by atoms with Crippen LogP contribution in [0, 0.1) is 5.92 Å². The van der Waals surface area contributed by atoms with Crippen molar-refractivity contribution >= 4 is 5.97 Å². The second-order valence-corrected chi connectivity index (χ2v) is 3.43. The fourth-order valence-electron chi connectivity index (χ4n) is 1.03. The van der Waals surface area contributed by atoms with Crippen LogP contribution in [0.15, 0.2) is 30.3 Å². The smallest absolute Gasteiger partial charge is 0.392 e. The van der Waals surface area contributed by atoms with Gasteiger partial charge in [-0.1, -0.05) is 25.1 Å². The van der Waals surface area contributed by atoms with E-state index in [2.05, 4.69) is 0 Å². The van der Waals surface area contributed by atoms with Gasteiger partial charge in [0, 0.05) is 0 Å². The first-order valence-corrected chi connectivity index (χ1v) is 4.72. The molecule has 0 aliphatic heterocycles. The van der Waals surface area contributed by atoms with Gasteiger partial charge in [-0.15, -0.1) is 0 Å². The number of carbonyl (C=O) groups is 1. The van der Waals surface area contributed by atoms with E-state index in [0.717, 1.165) is 6.92 Å². The molecule has 0 fully saturated rings. The Morgan fingerprint density at radius 2 is 1.88 bits per heavy atom. The number of para-hydroxylation sites is 1. The largest absolute Gasteiger partial charge is 0.427 e. The standard InChI is InChI=1S/C11H11F3O2/c1-8(11(12,13)14)7-10(15)16-9-5-3-2-4-6-9/h2-6,8H,7H2,1H3. The molecule has 0 bridgehead atoms. The van der Waals surface area contributed by atoms with E-state index < -0.39 is 24.5 Å². The molecular weight excluding hydrogens is 221 g/mol. The second-order valence-electron chi connectivity index (χ2n) is 3.43. The fourth-order valence-corrected chi connectivity index (χ4v) is 1.03. The number of alkyl halides is 3. The summed E-state index contributed by atoms with van der Waals surface area (Å²) in [7, 11) is 0. The molecule has 0 amide bonds. The molecule has 0 aromatic heterocycles. The van der Waals surface area contributed by atoms with Gasteiger partial charge in [0.2, 0.25) is 0 Å². The van der Waals surface area contributed by atoms with Crippen LogP contribution in [0.1, 0.15) is 13.3 Å². The quantitative estimate of drug-likeness (QED) is 0.591. The van der Waals surface area contributed by atoms with Gasteiger partial charge in [-0.3, -0.25) is 4.79 Å². The van der Waals surface area contributed by atoms with Gasteiger partial charge in [-0.2, -0.15) is 13.2 Å². The lowest BCUT2D eigenvalue weighted by Gasteiger charge is -2.14. The molecule has 1 aromatic rings. The fraction of sp³-hybridized carbons (Fsp3) is 0.364. The molecule has 1 aromatic carbocycles. The van der Waals surface area contributed by atoms with Crippen molar-refractivity contribution in [2.45, 2.75) is 19.5 Å². The average molecular weight is 232 g/mol. The molecule has 0 heterocycles. The molecule has 0 radical (unpaired) electrons. The maximum absolute atomic E-state index is 12.1. The van der Waals surface area contributed by atoms with Crippen LogP contribution in [-0.4, -0.2) is 12.1 Å². The van der Waals surface area contributed by atoms with Crippen LogP contribution in [-0.2, 0) is 4.79 Å². The monoisotopic (exact) mass is 232 g/mol. The molecule has 1 unspecified atom stereocenters. The van der Waals surface area contributed by atoms with Crippen molar-refractivity contribution in [1.29, 1.82) is 0 Å². The second kappa shape index (κ2) is 5.01. The molecule has 1 rings (SSSR count). The summed E-state index contributed by atoms with van der Waals surface area (Å²) < 4.78 is 41.2. The summed E-state index contributed by atoms with van der Waals surface area (Å²) in [6.45, 7) is 0.951. The van der Waals surface area contributed by atoms with Crippen LogP contribution in [0.4, 0.5) is 13.2 Å². The molecule has 0 saturated heterocycles. The van der Waals surface area contributed by atoms with Gasteiger partial charge in [0.1, 0.15) is 5.75 Å². The normalized spacial score (nSPS) is 13.2. The number of ether oxygens (including phenoxy) is 1. The highest BCUT2D eigenvalue weighted by molar-refractivity contribution is 5.72. The zero-order chi connectivity index (χ0) is 12.2. The minimum absolute atomic E-state index is 0.252. The van der Waals surface area contributed by atoms with Crippen LogP contribution in [0.5, 0.6) is 5.75 Å². The van der Waals surface area contributed by atoms with Crippen LogP contribution in [0.2, 0.25) is 0 Å². The minimum Gasteiger partial charge on any atom is -0.427 e. The van der Waals surface area contributed by atoms with Gasteiger partial charge in [-0.05, 0) is 12.1 Å². The number of hydrogen-bond acceptors (Lipinski definition) is 2. The third kappa shape index (κ3) is 3.92. The molecule has 0 aliphatic carbocycles. The molecule has 88 valence electrons. The zero-order valence-corrected chi connectivity index (χ0v) is 8.62. The van der Waals surface area contributed by atoms with Gasteiger partial charge in [0.05, 0.1) is 12.3 Å². The van der Waals surface area contributed by atoms with Crippen LogP contribution >= 0.6 is 0 Å². The topological polar surface area (TPSA) is 26.3 Å². The molecule has 2 nitrogen and oxygen atoms in total. The van der Waals surface area contributed by atoms with Crippen molar-refractivity contribution in [1.82, 2.24) is 0 Å². The van der Waals surface area contributed by atoms with Crippen molar-refractivity contribution in [2.75, 3.05) is 0 Å². The Bertz CT molecular complexity index is 346. The van der Waals surface area contributed by atoms with Crippen molar-refractivity contribution in [3.05, 3.63) is 30.3 Å². The van der Waals surface area contributed by atoms with E-state index in [9.17, 15) is 18.0 Å². The van der Waals surface area contributed by atoms with E-state index in [0.29, 0.717) is 0 Å². The summed E-state index contributed by atoms with van der Waals surface area (Å²) in [4.78, 5) is 11.1. The number of benzene rings is 1. The van der Waals surface area contributed by atoms with E-state index in [1.807, 2.05) is 0 Å².